The zero-order chi connectivity index (χ0) is 30.4. The molecule has 0 fully saturated rings. The number of nitrogens with one attached hydrogen (secondary N) is 1. The number of ether oxygens (including phenoxy) is 1. The second-order valence-electron chi connectivity index (χ2n) is 13.6. The lowest BCUT2D eigenvalue weighted by Gasteiger charge is -2.43. The average Bonchev–Trinajstić information content (AvgIpc) is 3.14. The van der Waals surface area contributed by atoms with Crippen LogP contribution < -0.4 is 5.32 Å². The van der Waals surface area contributed by atoms with E-state index in [2.05, 4.69) is 55.2 Å². The van der Waals surface area contributed by atoms with E-state index >= 15 is 0 Å². The predicted molar refractivity (Wildman–Crippen MR) is 162 cm³/mol. The zero-order valence-corrected chi connectivity index (χ0v) is 26.4. The van der Waals surface area contributed by atoms with Gasteiger partial charge in [-0.05, 0) is 81.5 Å². The van der Waals surface area contributed by atoms with E-state index < -0.39 is 29.2 Å². The van der Waals surface area contributed by atoms with Crippen molar-refractivity contribution in [3.05, 3.63) is 35.5 Å². The summed E-state index contributed by atoms with van der Waals surface area (Å²) in [5, 5.41) is 25.7. The van der Waals surface area contributed by atoms with Gasteiger partial charge in [-0.15, -0.1) is 0 Å². The molecule has 1 aromatic carbocycles. The second-order valence-corrected chi connectivity index (χ2v) is 13.6. The summed E-state index contributed by atoms with van der Waals surface area (Å²) in [6.07, 6.45) is 3.19. The van der Waals surface area contributed by atoms with Crippen molar-refractivity contribution in [2.75, 3.05) is 20.3 Å². The summed E-state index contributed by atoms with van der Waals surface area (Å²) in [6.45, 7) is 16.0. The fourth-order valence-corrected chi connectivity index (χ4v) is 5.42. The highest BCUT2D eigenvalue weighted by Crippen LogP contribution is 2.31. The standard InChI is InChI=1S/C32H53N3O5/c1-21(2)24(16-22-13-14-26-25(17-22)23(20-34(26)9)12-11-15-40-10)18-27(35(30(38)39)32(6,7)8)28(36)19-33-29(37)31(3,4)5/h13-14,17,20-21,24,27-28,36H,11-12,15-16,18-19H2,1-10H3,(H,33,37)(H,38,39). The molecular weight excluding hydrogens is 506 g/mol. The molecule has 0 saturated carbocycles. The number of amides is 2. The number of hydrogen-bond donors (Lipinski definition) is 3. The summed E-state index contributed by atoms with van der Waals surface area (Å²) in [6, 6.07) is 5.90. The Bertz CT molecular complexity index is 1130. The summed E-state index contributed by atoms with van der Waals surface area (Å²) in [4.78, 5) is 26.4. The van der Waals surface area contributed by atoms with Crippen molar-refractivity contribution < 1.29 is 24.5 Å². The van der Waals surface area contributed by atoms with Crippen molar-refractivity contribution in [2.45, 2.75) is 98.8 Å². The number of aromatic nitrogens is 1. The van der Waals surface area contributed by atoms with Crippen LogP contribution in [0.15, 0.2) is 24.4 Å². The summed E-state index contributed by atoms with van der Waals surface area (Å²) in [5.41, 5.74) is 2.34. The second kappa shape index (κ2) is 13.9. The highest BCUT2D eigenvalue weighted by molar-refractivity contribution is 5.84. The van der Waals surface area contributed by atoms with Crippen LogP contribution in [0.25, 0.3) is 10.9 Å². The van der Waals surface area contributed by atoms with Crippen LogP contribution in [0.3, 0.4) is 0 Å². The lowest BCUT2D eigenvalue weighted by molar-refractivity contribution is -0.129. The normalized spacial score (nSPS) is 14.8. The highest BCUT2D eigenvalue weighted by Gasteiger charge is 2.39. The molecule has 8 nitrogen and oxygen atoms in total. The predicted octanol–water partition coefficient (Wildman–Crippen LogP) is 5.63. The molecule has 2 amide bonds. The Balaban J connectivity index is 2.38. The first-order valence-electron chi connectivity index (χ1n) is 14.5. The minimum absolute atomic E-state index is 0.00768. The molecule has 40 heavy (non-hydrogen) atoms. The largest absolute Gasteiger partial charge is 0.465 e. The van der Waals surface area contributed by atoms with Crippen LogP contribution in [0.1, 0.15) is 79.4 Å². The van der Waals surface area contributed by atoms with Gasteiger partial charge >= 0.3 is 6.09 Å². The monoisotopic (exact) mass is 559 g/mol. The number of aliphatic hydroxyl groups is 1. The van der Waals surface area contributed by atoms with Gasteiger partial charge in [-0.25, -0.2) is 4.79 Å². The third-order valence-corrected chi connectivity index (χ3v) is 7.77. The molecule has 226 valence electrons. The van der Waals surface area contributed by atoms with Gasteiger partial charge in [0.15, 0.2) is 0 Å². The van der Waals surface area contributed by atoms with Crippen molar-refractivity contribution in [3.8, 4) is 0 Å². The Morgan fingerprint density at radius 3 is 2.30 bits per heavy atom. The SMILES string of the molecule is COCCCc1cn(C)c2ccc(CC(CC(C(O)CNC(=O)C(C)(C)C)N(C(=O)O)C(C)(C)C)C(C)C)cc12. The molecule has 2 rings (SSSR count). The Morgan fingerprint density at radius 2 is 1.77 bits per heavy atom. The van der Waals surface area contributed by atoms with Gasteiger partial charge in [0.05, 0.1) is 12.1 Å². The maximum atomic E-state index is 12.5. The smallest absolute Gasteiger partial charge is 0.408 e. The molecule has 1 heterocycles. The lowest BCUT2D eigenvalue weighted by atomic mass is 9.81. The molecule has 0 aliphatic carbocycles. The number of methoxy groups -OCH3 is 1. The number of aliphatic hydroxyl groups excluding tert-OH is 1. The van der Waals surface area contributed by atoms with E-state index in [-0.39, 0.29) is 24.3 Å². The topological polar surface area (TPSA) is 104 Å². The van der Waals surface area contributed by atoms with Gasteiger partial charge in [-0.2, -0.15) is 0 Å². The van der Waals surface area contributed by atoms with Crippen molar-refractivity contribution in [2.24, 2.45) is 24.3 Å². The van der Waals surface area contributed by atoms with E-state index in [0.717, 1.165) is 25.9 Å². The van der Waals surface area contributed by atoms with Crippen LogP contribution in [0, 0.1) is 17.3 Å². The molecule has 3 N–H and O–H groups in total. The van der Waals surface area contributed by atoms with E-state index in [4.69, 9.17) is 4.74 Å². The van der Waals surface area contributed by atoms with Gasteiger partial charge in [0.2, 0.25) is 5.91 Å². The molecule has 0 bridgehead atoms. The van der Waals surface area contributed by atoms with Crippen LogP contribution >= 0.6 is 0 Å². The zero-order valence-electron chi connectivity index (χ0n) is 26.4. The van der Waals surface area contributed by atoms with Gasteiger partial charge in [0, 0.05) is 55.4 Å². The molecule has 8 heteroatoms. The maximum absolute atomic E-state index is 12.5. The van der Waals surface area contributed by atoms with E-state index in [1.165, 1.54) is 26.9 Å². The van der Waals surface area contributed by atoms with Crippen LogP contribution in [0.2, 0.25) is 0 Å². The number of carbonyl (C=O) groups is 2. The Kier molecular flexibility index (Phi) is 11.6. The minimum Gasteiger partial charge on any atom is -0.465 e. The van der Waals surface area contributed by atoms with E-state index in [0.29, 0.717) is 6.42 Å². The number of fused-ring (bicyclic) bond motifs is 1. The molecule has 0 aliphatic rings. The van der Waals surface area contributed by atoms with Crippen LogP contribution in [0.4, 0.5) is 4.79 Å². The summed E-state index contributed by atoms with van der Waals surface area (Å²) < 4.78 is 7.41. The van der Waals surface area contributed by atoms with Gasteiger partial charge in [-0.1, -0.05) is 40.7 Å². The third kappa shape index (κ3) is 8.96. The molecular formula is C32H53N3O5. The molecule has 3 unspecified atom stereocenters. The Hall–Kier alpha value is -2.58. The first-order valence-corrected chi connectivity index (χ1v) is 14.5. The van der Waals surface area contributed by atoms with Gasteiger partial charge in [-0.3, -0.25) is 9.69 Å². The molecule has 2 aromatic rings. The van der Waals surface area contributed by atoms with Crippen LogP contribution in [-0.4, -0.2) is 69.6 Å². The highest BCUT2D eigenvalue weighted by atomic mass is 16.5. The molecule has 1 aromatic heterocycles. The Labute approximate surface area is 241 Å². The number of aryl methyl sites for hydroxylation is 2. The van der Waals surface area contributed by atoms with Crippen molar-refractivity contribution in [1.29, 1.82) is 0 Å². The fourth-order valence-electron chi connectivity index (χ4n) is 5.42. The molecule has 0 spiro atoms. The minimum atomic E-state index is -1.08. The summed E-state index contributed by atoms with van der Waals surface area (Å²) in [7, 11) is 3.79. The van der Waals surface area contributed by atoms with Gasteiger partial charge in [0.1, 0.15) is 0 Å². The van der Waals surface area contributed by atoms with E-state index in [9.17, 15) is 19.8 Å². The number of rotatable bonds is 13. The van der Waals surface area contributed by atoms with Crippen molar-refractivity contribution in [1.82, 2.24) is 14.8 Å². The third-order valence-electron chi connectivity index (χ3n) is 7.77. The Morgan fingerprint density at radius 1 is 1.12 bits per heavy atom. The summed E-state index contributed by atoms with van der Waals surface area (Å²) >= 11 is 0. The van der Waals surface area contributed by atoms with Crippen molar-refractivity contribution >= 4 is 22.9 Å². The molecule has 0 aliphatic heterocycles. The van der Waals surface area contributed by atoms with E-state index in [1.807, 2.05) is 41.5 Å². The molecule has 0 radical (unpaired) electrons. The number of carboxylic acid groups (broad SMARTS) is 1. The van der Waals surface area contributed by atoms with Gasteiger partial charge < -0.3 is 24.8 Å². The first-order chi connectivity index (χ1) is 18.5. The number of carbonyl (C=O) groups excluding carboxylic acids is 1. The van der Waals surface area contributed by atoms with E-state index in [1.54, 1.807) is 7.11 Å². The number of benzene rings is 1. The van der Waals surface area contributed by atoms with Crippen molar-refractivity contribution in [3.63, 3.8) is 0 Å². The van der Waals surface area contributed by atoms with Gasteiger partial charge in [0.25, 0.3) is 0 Å². The van der Waals surface area contributed by atoms with Crippen LogP contribution in [0.5, 0.6) is 0 Å². The average molecular weight is 560 g/mol. The summed E-state index contributed by atoms with van der Waals surface area (Å²) in [5.74, 6) is 0.184. The fraction of sp³-hybridized carbons (Fsp3) is 0.688. The maximum Gasteiger partial charge on any atom is 0.408 e. The number of nitrogens with zero attached hydrogens (tertiary/aromatic N) is 2. The number of hydrogen-bond acceptors (Lipinski definition) is 4. The molecule has 0 saturated heterocycles. The lowest BCUT2D eigenvalue weighted by Crippen LogP contribution is -2.58. The quantitative estimate of drug-likeness (QED) is 0.276. The van der Waals surface area contributed by atoms with Crippen LogP contribution in [-0.2, 0) is 29.4 Å². The first kappa shape index (κ1) is 33.6. The molecule has 3 atom stereocenters.